The Morgan fingerprint density at radius 1 is 1.18 bits per heavy atom. The van der Waals surface area contributed by atoms with E-state index in [4.69, 9.17) is 4.42 Å². The number of nitrogens with zero attached hydrogens (tertiary/aromatic N) is 1. The molecular weight excluding hydrogens is 210 g/mol. The molecule has 17 heavy (non-hydrogen) atoms. The Bertz CT molecular complexity index is 527. The standard InChI is InChI=1S/C15H15NO/c1-16-9-7-15-13(8-10-17-15)14(16)11-12-5-3-2-4-6-12/h2-10,14H,11H2,1H3/t14-/m0/s1. The number of rotatable bonds is 2. The molecule has 86 valence electrons. The summed E-state index contributed by atoms with van der Waals surface area (Å²) in [5.74, 6) is 0.990. The van der Waals surface area contributed by atoms with E-state index in [0.717, 1.165) is 12.2 Å². The number of hydrogen-bond donors (Lipinski definition) is 0. The monoisotopic (exact) mass is 225 g/mol. The average Bonchev–Trinajstić information content (AvgIpc) is 2.83. The fraction of sp³-hybridized carbons (Fsp3) is 0.200. The van der Waals surface area contributed by atoms with Crippen molar-refractivity contribution in [3.8, 4) is 0 Å². The lowest BCUT2D eigenvalue weighted by Crippen LogP contribution is -2.23. The summed E-state index contributed by atoms with van der Waals surface area (Å²) in [7, 11) is 2.11. The molecule has 2 nitrogen and oxygen atoms in total. The van der Waals surface area contributed by atoms with Gasteiger partial charge in [0.1, 0.15) is 5.76 Å². The largest absolute Gasteiger partial charge is 0.465 e. The molecule has 0 spiro atoms. The number of hydrogen-bond acceptors (Lipinski definition) is 2. The third kappa shape index (κ3) is 1.86. The molecule has 3 rings (SSSR count). The highest BCUT2D eigenvalue weighted by Crippen LogP contribution is 2.32. The predicted octanol–water partition coefficient (Wildman–Crippen LogP) is 3.48. The molecule has 0 saturated carbocycles. The molecule has 2 heteroatoms. The van der Waals surface area contributed by atoms with Gasteiger partial charge in [-0.15, -0.1) is 0 Å². The van der Waals surface area contributed by atoms with Crippen molar-refractivity contribution in [1.29, 1.82) is 0 Å². The Kier molecular flexibility index (Phi) is 2.48. The van der Waals surface area contributed by atoms with E-state index >= 15 is 0 Å². The van der Waals surface area contributed by atoms with Gasteiger partial charge in [0.15, 0.2) is 0 Å². The second kappa shape index (κ2) is 4.13. The molecule has 2 aromatic rings. The minimum atomic E-state index is 0.371. The second-order valence-electron chi connectivity index (χ2n) is 4.43. The van der Waals surface area contributed by atoms with Crippen LogP contribution < -0.4 is 0 Å². The summed E-state index contributed by atoms with van der Waals surface area (Å²) in [5.41, 5.74) is 2.63. The smallest absolute Gasteiger partial charge is 0.133 e. The molecule has 0 radical (unpaired) electrons. The van der Waals surface area contributed by atoms with Gasteiger partial charge in [0.2, 0.25) is 0 Å². The molecular formula is C15H15NO. The van der Waals surface area contributed by atoms with Crippen LogP contribution >= 0.6 is 0 Å². The summed E-state index contributed by atoms with van der Waals surface area (Å²) in [6, 6.07) is 13.0. The summed E-state index contributed by atoms with van der Waals surface area (Å²) in [6.07, 6.45) is 6.89. The zero-order chi connectivity index (χ0) is 11.7. The average molecular weight is 225 g/mol. The van der Waals surface area contributed by atoms with Crippen LogP contribution in [0.2, 0.25) is 0 Å². The Morgan fingerprint density at radius 2 is 2.00 bits per heavy atom. The van der Waals surface area contributed by atoms with Crippen molar-refractivity contribution in [3.05, 3.63) is 65.7 Å². The van der Waals surface area contributed by atoms with E-state index in [9.17, 15) is 0 Å². The lowest BCUT2D eigenvalue weighted by molar-refractivity contribution is 0.326. The molecule has 0 N–H and O–H groups in total. The minimum absolute atomic E-state index is 0.371. The molecule has 1 atom stereocenters. The molecule has 0 aliphatic carbocycles. The summed E-state index contributed by atoms with van der Waals surface area (Å²) in [4.78, 5) is 2.24. The van der Waals surface area contributed by atoms with Crippen molar-refractivity contribution in [2.45, 2.75) is 12.5 Å². The maximum absolute atomic E-state index is 5.46. The van der Waals surface area contributed by atoms with Crippen LogP contribution in [0.25, 0.3) is 6.08 Å². The van der Waals surface area contributed by atoms with E-state index in [2.05, 4.69) is 54.5 Å². The van der Waals surface area contributed by atoms with E-state index in [1.54, 1.807) is 6.26 Å². The summed E-state index contributed by atoms with van der Waals surface area (Å²) < 4.78 is 5.46. The SMILES string of the molecule is CN1C=Cc2occc2[C@@H]1Cc1ccccc1. The minimum Gasteiger partial charge on any atom is -0.465 e. The van der Waals surface area contributed by atoms with Gasteiger partial charge in [-0.3, -0.25) is 0 Å². The fourth-order valence-electron chi connectivity index (χ4n) is 2.34. The third-order valence-electron chi connectivity index (χ3n) is 3.31. The first-order chi connectivity index (χ1) is 8.34. The highest BCUT2D eigenvalue weighted by molar-refractivity contribution is 5.51. The van der Waals surface area contributed by atoms with E-state index < -0.39 is 0 Å². The Balaban J connectivity index is 1.91. The van der Waals surface area contributed by atoms with Gasteiger partial charge in [0.25, 0.3) is 0 Å². The van der Waals surface area contributed by atoms with Crippen LogP contribution in [0.15, 0.2) is 53.3 Å². The van der Waals surface area contributed by atoms with Crippen LogP contribution in [-0.2, 0) is 6.42 Å². The highest BCUT2D eigenvalue weighted by atomic mass is 16.3. The van der Waals surface area contributed by atoms with Gasteiger partial charge in [-0.05, 0) is 24.1 Å². The molecule has 2 heterocycles. The zero-order valence-corrected chi connectivity index (χ0v) is 9.84. The molecule has 0 amide bonds. The van der Waals surface area contributed by atoms with Crippen LogP contribution in [0.5, 0.6) is 0 Å². The van der Waals surface area contributed by atoms with Gasteiger partial charge in [-0.1, -0.05) is 30.3 Å². The van der Waals surface area contributed by atoms with Crippen LogP contribution in [0.3, 0.4) is 0 Å². The number of furan rings is 1. The Labute approximate surface area is 101 Å². The van der Waals surface area contributed by atoms with Gasteiger partial charge in [0, 0.05) is 18.8 Å². The number of benzene rings is 1. The van der Waals surface area contributed by atoms with E-state index in [0.29, 0.717) is 6.04 Å². The van der Waals surface area contributed by atoms with Gasteiger partial charge >= 0.3 is 0 Å². The number of fused-ring (bicyclic) bond motifs is 1. The van der Waals surface area contributed by atoms with Crippen LogP contribution in [0.1, 0.15) is 22.9 Å². The zero-order valence-electron chi connectivity index (χ0n) is 9.84. The van der Waals surface area contributed by atoms with E-state index in [-0.39, 0.29) is 0 Å². The van der Waals surface area contributed by atoms with Crippen molar-refractivity contribution in [2.24, 2.45) is 0 Å². The van der Waals surface area contributed by atoms with Crippen LogP contribution in [-0.4, -0.2) is 11.9 Å². The van der Waals surface area contributed by atoms with Gasteiger partial charge in [-0.25, -0.2) is 0 Å². The first-order valence-electron chi connectivity index (χ1n) is 5.86. The maximum atomic E-state index is 5.46. The number of likely N-dealkylation sites (N-methyl/N-ethyl adjacent to an activating group) is 1. The van der Waals surface area contributed by atoms with E-state index in [1.165, 1.54) is 11.1 Å². The molecule has 1 aliphatic rings. The van der Waals surface area contributed by atoms with E-state index in [1.807, 2.05) is 6.08 Å². The van der Waals surface area contributed by atoms with Gasteiger partial charge < -0.3 is 9.32 Å². The van der Waals surface area contributed by atoms with Crippen molar-refractivity contribution in [1.82, 2.24) is 4.90 Å². The highest BCUT2D eigenvalue weighted by Gasteiger charge is 2.23. The molecule has 0 unspecified atom stereocenters. The van der Waals surface area contributed by atoms with Crippen LogP contribution in [0.4, 0.5) is 0 Å². The first kappa shape index (κ1) is 10.2. The lowest BCUT2D eigenvalue weighted by Gasteiger charge is -2.29. The third-order valence-corrected chi connectivity index (χ3v) is 3.31. The lowest BCUT2D eigenvalue weighted by atomic mass is 9.96. The predicted molar refractivity (Wildman–Crippen MR) is 68.4 cm³/mol. The maximum Gasteiger partial charge on any atom is 0.133 e. The first-order valence-corrected chi connectivity index (χ1v) is 5.86. The normalized spacial score (nSPS) is 18.2. The molecule has 1 aromatic carbocycles. The molecule has 0 fully saturated rings. The fourth-order valence-corrected chi connectivity index (χ4v) is 2.34. The topological polar surface area (TPSA) is 16.4 Å². The molecule has 0 saturated heterocycles. The summed E-state index contributed by atoms with van der Waals surface area (Å²) >= 11 is 0. The van der Waals surface area contributed by atoms with Crippen molar-refractivity contribution in [3.63, 3.8) is 0 Å². The molecule has 1 aromatic heterocycles. The second-order valence-corrected chi connectivity index (χ2v) is 4.43. The van der Waals surface area contributed by atoms with Crippen LogP contribution in [0, 0.1) is 0 Å². The quantitative estimate of drug-likeness (QED) is 0.778. The summed E-state index contributed by atoms with van der Waals surface area (Å²) in [5, 5.41) is 0. The Hall–Kier alpha value is -1.96. The van der Waals surface area contributed by atoms with Gasteiger partial charge in [0.05, 0.1) is 12.3 Å². The van der Waals surface area contributed by atoms with Gasteiger partial charge in [-0.2, -0.15) is 0 Å². The van der Waals surface area contributed by atoms with Crippen molar-refractivity contribution in [2.75, 3.05) is 7.05 Å². The molecule has 0 bridgehead atoms. The summed E-state index contributed by atoms with van der Waals surface area (Å²) in [6.45, 7) is 0. The van der Waals surface area contributed by atoms with Crippen molar-refractivity contribution < 1.29 is 4.42 Å². The molecule has 1 aliphatic heterocycles. The Morgan fingerprint density at radius 3 is 2.82 bits per heavy atom. The van der Waals surface area contributed by atoms with Crippen molar-refractivity contribution >= 4 is 6.08 Å².